The number of carboxylic acid groups (broad SMARTS) is 1. The molecule has 0 aromatic carbocycles. The molecule has 1 N–H and O–H groups in total. The van der Waals surface area contributed by atoms with Crippen molar-refractivity contribution >= 4 is 50.1 Å². The summed E-state index contributed by atoms with van der Waals surface area (Å²) >= 11 is 2.34. The molecular formula is C12H14N2O4S3. The molecular weight excluding hydrogens is 332 g/mol. The van der Waals surface area contributed by atoms with Crippen LogP contribution in [-0.2, 0) is 15.6 Å². The predicted octanol–water partition coefficient (Wildman–Crippen LogP) is 1.57. The van der Waals surface area contributed by atoms with Crippen LogP contribution in [0, 0.1) is 0 Å². The van der Waals surface area contributed by atoms with Crippen molar-refractivity contribution in [2.75, 3.05) is 17.8 Å². The van der Waals surface area contributed by atoms with Gasteiger partial charge in [-0.25, -0.2) is 4.98 Å². The third-order valence-electron chi connectivity index (χ3n) is 2.74. The third-order valence-corrected chi connectivity index (χ3v) is 5.43. The molecule has 2 aromatic heterocycles. The van der Waals surface area contributed by atoms with Gasteiger partial charge < -0.3 is 5.11 Å². The van der Waals surface area contributed by atoms with Gasteiger partial charge in [0.2, 0.25) is 0 Å². The SMILES string of the molecule is CC(CS(C)=O)n1c(SCC(=O)O)nc2sccc2c1=O. The van der Waals surface area contributed by atoms with Gasteiger partial charge in [-0.1, -0.05) is 11.8 Å². The highest BCUT2D eigenvalue weighted by Gasteiger charge is 2.18. The van der Waals surface area contributed by atoms with Crippen molar-refractivity contribution in [2.24, 2.45) is 0 Å². The molecule has 0 amide bonds. The van der Waals surface area contributed by atoms with E-state index in [1.54, 1.807) is 24.6 Å². The first kappa shape index (κ1) is 16.2. The normalized spacial score (nSPS) is 14.2. The van der Waals surface area contributed by atoms with E-state index in [-0.39, 0.29) is 17.4 Å². The standard InChI is InChI=1S/C12H14N2O4S3/c1-7(6-21(2)18)14-11(17)8-3-4-19-10(8)13-12(14)20-5-9(15)16/h3-4,7H,5-6H2,1-2H3,(H,15,16). The number of carbonyl (C=O) groups is 1. The molecule has 2 aromatic rings. The van der Waals surface area contributed by atoms with Crippen LogP contribution in [-0.4, -0.2) is 42.6 Å². The van der Waals surface area contributed by atoms with Gasteiger partial charge in [-0.3, -0.25) is 18.4 Å². The van der Waals surface area contributed by atoms with Crippen LogP contribution in [0.5, 0.6) is 0 Å². The Morgan fingerprint density at radius 2 is 2.33 bits per heavy atom. The van der Waals surface area contributed by atoms with Gasteiger partial charge in [0, 0.05) is 28.9 Å². The van der Waals surface area contributed by atoms with Crippen molar-refractivity contribution in [3.63, 3.8) is 0 Å². The summed E-state index contributed by atoms with van der Waals surface area (Å²) in [5.74, 6) is -0.831. The van der Waals surface area contributed by atoms with Crippen molar-refractivity contribution in [3.8, 4) is 0 Å². The minimum absolute atomic E-state index is 0.175. The maximum atomic E-state index is 12.5. The summed E-state index contributed by atoms with van der Waals surface area (Å²) in [7, 11) is -1.06. The molecule has 6 nitrogen and oxygen atoms in total. The van der Waals surface area contributed by atoms with Crippen molar-refractivity contribution in [1.29, 1.82) is 0 Å². The zero-order valence-corrected chi connectivity index (χ0v) is 13.9. The Bertz CT molecular complexity index is 753. The Morgan fingerprint density at radius 3 is 2.95 bits per heavy atom. The highest BCUT2D eigenvalue weighted by atomic mass is 32.2. The summed E-state index contributed by atoms with van der Waals surface area (Å²) in [6.07, 6.45) is 1.57. The number of rotatable bonds is 6. The fraction of sp³-hybridized carbons (Fsp3) is 0.417. The molecule has 2 atom stereocenters. The molecule has 0 bridgehead atoms. The van der Waals surface area contributed by atoms with Crippen LogP contribution in [0.4, 0.5) is 0 Å². The lowest BCUT2D eigenvalue weighted by Gasteiger charge is -2.17. The van der Waals surface area contributed by atoms with E-state index in [1.165, 1.54) is 15.9 Å². The van der Waals surface area contributed by atoms with Crippen molar-refractivity contribution in [1.82, 2.24) is 9.55 Å². The summed E-state index contributed by atoms with van der Waals surface area (Å²) < 4.78 is 12.9. The van der Waals surface area contributed by atoms with E-state index < -0.39 is 16.8 Å². The van der Waals surface area contributed by atoms with E-state index in [0.29, 0.717) is 21.1 Å². The number of thioether (sulfide) groups is 1. The zero-order valence-electron chi connectivity index (χ0n) is 11.4. The van der Waals surface area contributed by atoms with Crippen LogP contribution in [0.15, 0.2) is 21.4 Å². The number of hydrogen-bond donors (Lipinski definition) is 1. The third kappa shape index (κ3) is 3.72. The molecule has 0 saturated carbocycles. The molecule has 0 saturated heterocycles. The van der Waals surface area contributed by atoms with Gasteiger partial charge in [0.15, 0.2) is 5.16 Å². The van der Waals surface area contributed by atoms with Crippen LogP contribution < -0.4 is 5.56 Å². The van der Waals surface area contributed by atoms with Gasteiger partial charge in [-0.05, 0) is 18.4 Å². The topological polar surface area (TPSA) is 89.3 Å². The number of carboxylic acids is 1. The minimum atomic E-state index is -1.06. The molecule has 9 heteroatoms. The Balaban J connectivity index is 2.54. The Hall–Kier alpha value is -1.19. The fourth-order valence-corrected chi connectivity index (χ4v) is 4.39. The maximum Gasteiger partial charge on any atom is 0.313 e. The molecule has 0 aliphatic carbocycles. The molecule has 21 heavy (non-hydrogen) atoms. The van der Waals surface area contributed by atoms with E-state index in [0.717, 1.165) is 11.8 Å². The van der Waals surface area contributed by atoms with Gasteiger partial charge in [0.25, 0.3) is 5.56 Å². The average Bonchev–Trinajstić information content (AvgIpc) is 2.83. The molecule has 114 valence electrons. The van der Waals surface area contributed by atoms with Crippen LogP contribution >= 0.6 is 23.1 Å². The highest BCUT2D eigenvalue weighted by Crippen LogP contribution is 2.23. The lowest BCUT2D eigenvalue weighted by atomic mass is 10.3. The van der Waals surface area contributed by atoms with E-state index in [2.05, 4.69) is 4.98 Å². The first-order valence-corrected chi connectivity index (χ1v) is 9.63. The van der Waals surface area contributed by atoms with E-state index in [9.17, 15) is 13.8 Å². The first-order chi connectivity index (χ1) is 9.90. The second kappa shape index (κ2) is 6.71. The van der Waals surface area contributed by atoms with Gasteiger partial charge in [-0.15, -0.1) is 11.3 Å². The van der Waals surface area contributed by atoms with E-state index >= 15 is 0 Å². The number of nitrogens with zero attached hydrogens (tertiary/aromatic N) is 2. The molecule has 0 spiro atoms. The van der Waals surface area contributed by atoms with Gasteiger partial charge in [0.05, 0.1) is 11.1 Å². The fourth-order valence-electron chi connectivity index (χ4n) is 1.94. The van der Waals surface area contributed by atoms with Gasteiger partial charge in [-0.2, -0.15) is 0 Å². The quantitative estimate of drug-likeness (QED) is 0.631. The lowest BCUT2D eigenvalue weighted by Crippen LogP contribution is -2.28. The highest BCUT2D eigenvalue weighted by molar-refractivity contribution is 7.99. The Labute approximate surface area is 131 Å². The minimum Gasteiger partial charge on any atom is -0.481 e. The molecule has 0 aliphatic heterocycles. The molecule has 2 rings (SSSR count). The Kier molecular flexibility index (Phi) is 5.17. The largest absolute Gasteiger partial charge is 0.481 e. The number of hydrogen-bond acceptors (Lipinski definition) is 6. The number of fused-ring (bicyclic) bond motifs is 1. The molecule has 0 radical (unpaired) electrons. The maximum absolute atomic E-state index is 12.5. The molecule has 0 fully saturated rings. The molecule has 2 heterocycles. The van der Waals surface area contributed by atoms with Gasteiger partial charge >= 0.3 is 5.97 Å². The van der Waals surface area contributed by atoms with Gasteiger partial charge in [0.1, 0.15) is 4.83 Å². The van der Waals surface area contributed by atoms with Crippen LogP contribution in [0.2, 0.25) is 0 Å². The number of thiophene rings is 1. The first-order valence-electron chi connectivity index (χ1n) is 6.04. The monoisotopic (exact) mass is 346 g/mol. The smallest absolute Gasteiger partial charge is 0.313 e. The summed E-state index contributed by atoms with van der Waals surface area (Å²) in [6.45, 7) is 1.79. The summed E-state index contributed by atoms with van der Waals surface area (Å²) in [5.41, 5.74) is -0.216. The molecule has 2 unspecified atom stereocenters. The second-order valence-electron chi connectivity index (χ2n) is 4.48. The van der Waals surface area contributed by atoms with Crippen molar-refractivity contribution in [2.45, 2.75) is 18.1 Å². The summed E-state index contributed by atoms with van der Waals surface area (Å²) in [4.78, 5) is 28.3. The molecule has 0 aliphatic rings. The summed E-state index contributed by atoms with van der Waals surface area (Å²) in [6, 6.07) is 1.39. The zero-order chi connectivity index (χ0) is 15.6. The predicted molar refractivity (Wildman–Crippen MR) is 85.9 cm³/mol. The lowest BCUT2D eigenvalue weighted by molar-refractivity contribution is -0.133. The average molecular weight is 346 g/mol. The Morgan fingerprint density at radius 1 is 1.62 bits per heavy atom. The summed E-state index contributed by atoms with van der Waals surface area (Å²) in [5, 5.41) is 11.5. The van der Waals surface area contributed by atoms with Crippen LogP contribution in [0.1, 0.15) is 13.0 Å². The van der Waals surface area contributed by atoms with Crippen LogP contribution in [0.25, 0.3) is 10.2 Å². The van der Waals surface area contributed by atoms with Crippen LogP contribution in [0.3, 0.4) is 0 Å². The number of aromatic nitrogens is 2. The van der Waals surface area contributed by atoms with Crippen molar-refractivity contribution in [3.05, 3.63) is 21.8 Å². The van der Waals surface area contributed by atoms with E-state index in [4.69, 9.17) is 5.11 Å². The van der Waals surface area contributed by atoms with E-state index in [1.807, 2.05) is 0 Å². The second-order valence-corrected chi connectivity index (χ2v) is 7.80. The number of aliphatic carboxylic acids is 1. The van der Waals surface area contributed by atoms with Crippen molar-refractivity contribution < 1.29 is 14.1 Å².